The normalized spacial score (nSPS) is 12.6. The van der Waals surface area contributed by atoms with Crippen molar-refractivity contribution in [3.8, 4) is 0 Å². The SMILES string of the molecule is CC.CC.CC(=N)c1c(Cl)cc(C)cc1NCC1CC1. The molecule has 0 bridgehead atoms. The zero-order chi connectivity index (χ0) is 15.7. The summed E-state index contributed by atoms with van der Waals surface area (Å²) in [5, 5.41) is 11.8. The Morgan fingerprint density at radius 2 is 1.80 bits per heavy atom. The third kappa shape index (κ3) is 5.96. The Hall–Kier alpha value is -1.02. The lowest BCUT2D eigenvalue weighted by molar-refractivity contribution is 0.889. The van der Waals surface area contributed by atoms with Crippen LogP contribution >= 0.6 is 11.6 Å². The van der Waals surface area contributed by atoms with E-state index < -0.39 is 0 Å². The Bertz CT molecular complexity index is 423. The zero-order valence-electron chi connectivity index (χ0n) is 13.7. The van der Waals surface area contributed by atoms with E-state index in [1.165, 1.54) is 12.8 Å². The van der Waals surface area contributed by atoms with Crippen LogP contribution in [0.15, 0.2) is 12.1 Å². The highest BCUT2D eigenvalue weighted by atomic mass is 35.5. The van der Waals surface area contributed by atoms with Crippen LogP contribution in [0.3, 0.4) is 0 Å². The van der Waals surface area contributed by atoms with Gasteiger partial charge < -0.3 is 10.7 Å². The van der Waals surface area contributed by atoms with E-state index in [2.05, 4.69) is 11.4 Å². The minimum Gasteiger partial charge on any atom is -0.384 e. The summed E-state index contributed by atoms with van der Waals surface area (Å²) in [5.41, 5.74) is 3.49. The lowest BCUT2D eigenvalue weighted by Crippen LogP contribution is -2.08. The summed E-state index contributed by atoms with van der Waals surface area (Å²) in [5.74, 6) is 0.818. The molecule has 1 saturated carbocycles. The molecule has 0 unspecified atom stereocenters. The molecule has 114 valence electrons. The van der Waals surface area contributed by atoms with Gasteiger partial charge in [0.25, 0.3) is 0 Å². The minimum atomic E-state index is 0.517. The molecule has 20 heavy (non-hydrogen) atoms. The Morgan fingerprint density at radius 1 is 1.25 bits per heavy atom. The molecule has 1 aliphatic carbocycles. The van der Waals surface area contributed by atoms with Crippen molar-refractivity contribution in [2.24, 2.45) is 5.92 Å². The predicted molar refractivity (Wildman–Crippen MR) is 92.6 cm³/mol. The van der Waals surface area contributed by atoms with Crippen molar-refractivity contribution >= 4 is 23.0 Å². The Balaban J connectivity index is 0.000000829. The highest BCUT2D eigenvalue weighted by molar-refractivity contribution is 6.34. The molecule has 2 rings (SSSR count). The van der Waals surface area contributed by atoms with Gasteiger partial charge in [0, 0.05) is 23.5 Å². The maximum absolute atomic E-state index is 7.76. The Morgan fingerprint density at radius 3 is 2.25 bits per heavy atom. The predicted octanol–water partition coefficient (Wildman–Crippen LogP) is 5.91. The number of nitrogens with one attached hydrogen (secondary N) is 2. The molecule has 0 atom stereocenters. The molecule has 0 amide bonds. The highest BCUT2D eigenvalue weighted by Crippen LogP contribution is 2.31. The second-order valence-electron chi connectivity index (χ2n) is 4.62. The molecule has 1 fully saturated rings. The summed E-state index contributed by atoms with van der Waals surface area (Å²) in [6.45, 7) is 12.8. The first-order valence-corrected chi connectivity index (χ1v) is 8.05. The van der Waals surface area contributed by atoms with E-state index in [1.54, 1.807) is 6.92 Å². The lowest BCUT2D eigenvalue weighted by Gasteiger charge is -2.13. The van der Waals surface area contributed by atoms with E-state index >= 15 is 0 Å². The van der Waals surface area contributed by atoms with Gasteiger partial charge in [0.05, 0.1) is 5.02 Å². The van der Waals surface area contributed by atoms with E-state index in [0.29, 0.717) is 10.7 Å². The number of benzene rings is 1. The van der Waals surface area contributed by atoms with Crippen LogP contribution in [0.4, 0.5) is 5.69 Å². The van der Waals surface area contributed by atoms with Gasteiger partial charge in [-0.3, -0.25) is 0 Å². The summed E-state index contributed by atoms with van der Waals surface area (Å²) in [7, 11) is 0. The van der Waals surface area contributed by atoms with E-state index in [1.807, 2.05) is 40.7 Å². The zero-order valence-corrected chi connectivity index (χ0v) is 14.5. The van der Waals surface area contributed by atoms with Crippen LogP contribution in [0.1, 0.15) is 58.6 Å². The van der Waals surface area contributed by atoms with Crippen molar-refractivity contribution in [2.75, 3.05) is 11.9 Å². The van der Waals surface area contributed by atoms with Gasteiger partial charge in [-0.25, -0.2) is 0 Å². The maximum atomic E-state index is 7.76. The number of halogens is 1. The molecule has 1 aromatic rings. The summed E-state index contributed by atoms with van der Waals surface area (Å²) in [4.78, 5) is 0. The van der Waals surface area contributed by atoms with Crippen LogP contribution in [0.25, 0.3) is 0 Å². The number of hydrogen-bond acceptors (Lipinski definition) is 2. The molecule has 0 aliphatic heterocycles. The molecule has 0 saturated heterocycles. The van der Waals surface area contributed by atoms with E-state index in [0.717, 1.165) is 29.3 Å². The molecule has 1 aliphatic rings. The largest absolute Gasteiger partial charge is 0.384 e. The van der Waals surface area contributed by atoms with Crippen LogP contribution in [0.5, 0.6) is 0 Å². The Kier molecular flexibility index (Phi) is 9.32. The van der Waals surface area contributed by atoms with Crippen molar-refractivity contribution in [3.05, 3.63) is 28.3 Å². The van der Waals surface area contributed by atoms with E-state index in [4.69, 9.17) is 17.0 Å². The summed E-state index contributed by atoms with van der Waals surface area (Å²) in [6.07, 6.45) is 2.65. The molecule has 1 aromatic carbocycles. The third-order valence-electron chi connectivity index (χ3n) is 2.89. The topological polar surface area (TPSA) is 35.9 Å². The quantitative estimate of drug-likeness (QED) is 0.666. The van der Waals surface area contributed by atoms with Crippen LogP contribution in [-0.4, -0.2) is 12.3 Å². The highest BCUT2D eigenvalue weighted by Gasteiger charge is 2.21. The third-order valence-corrected chi connectivity index (χ3v) is 3.19. The lowest BCUT2D eigenvalue weighted by atomic mass is 10.1. The number of hydrogen-bond donors (Lipinski definition) is 2. The van der Waals surface area contributed by atoms with Gasteiger partial charge in [-0.2, -0.15) is 0 Å². The van der Waals surface area contributed by atoms with Gasteiger partial charge in [-0.15, -0.1) is 0 Å². The summed E-state index contributed by atoms with van der Waals surface area (Å²) < 4.78 is 0. The fourth-order valence-electron chi connectivity index (χ4n) is 1.84. The molecule has 2 N–H and O–H groups in total. The monoisotopic (exact) mass is 296 g/mol. The second-order valence-corrected chi connectivity index (χ2v) is 5.03. The van der Waals surface area contributed by atoms with Crippen molar-refractivity contribution in [1.29, 1.82) is 5.41 Å². The van der Waals surface area contributed by atoms with Crippen LogP contribution in [0, 0.1) is 18.3 Å². The minimum absolute atomic E-state index is 0.517. The Labute approximate surface area is 129 Å². The van der Waals surface area contributed by atoms with Gasteiger partial charge in [0.2, 0.25) is 0 Å². The average molecular weight is 297 g/mol. The number of aryl methyl sites for hydroxylation is 1. The van der Waals surface area contributed by atoms with Gasteiger partial charge in [-0.1, -0.05) is 39.3 Å². The molecule has 3 heteroatoms. The van der Waals surface area contributed by atoms with Crippen LogP contribution in [-0.2, 0) is 0 Å². The molecule has 0 spiro atoms. The van der Waals surface area contributed by atoms with Gasteiger partial charge in [0.15, 0.2) is 0 Å². The number of rotatable bonds is 4. The first-order chi connectivity index (χ1) is 9.58. The van der Waals surface area contributed by atoms with E-state index in [9.17, 15) is 0 Å². The van der Waals surface area contributed by atoms with Crippen molar-refractivity contribution in [1.82, 2.24) is 0 Å². The van der Waals surface area contributed by atoms with Crippen molar-refractivity contribution in [3.63, 3.8) is 0 Å². The first-order valence-electron chi connectivity index (χ1n) is 7.67. The van der Waals surface area contributed by atoms with Gasteiger partial charge in [-0.05, 0) is 50.3 Å². The second kappa shape index (κ2) is 9.82. The molecule has 0 heterocycles. The molecule has 0 aromatic heterocycles. The summed E-state index contributed by atoms with van der Waals surface area (Å²) >= 11 is 6.18. The maximum Gasteiger partial charge on any atom is 0.0519 e. The van der Waals surface area contributed by atoms with Crippen molar-refractivity contribution < 1.29 is 0 Å². The van der Waals surface area contributed by atoms with Gasteiger partial charge >= 0.3 is 0 Å². The molecular formula is C17H29ClN2. The fourth-order valence-corrected chi connectivity index (χ4v) is 2.25. The van der Waals surface area contributed by atoms with E-state index in [-0.39, 0.29) is 0 Å². The fraction of sp³-hybridized carbons (Fsp3) is 0.588. The molecule has 0 radical (unpaired) electrons. The number of anilines is 1. The van der Waals surface area contributed by atoms with Crippen LogP contribution < -0.4 is 5.32 Å². The molecule has 2 nitrogen and oxygen atoms in total. The standard InChI is InChI=1S/C13H17ClN2.2C2H6/c1-8-5-11(14)13(9(2)15)12(6-8)16-7-10-3-4-10;2*1-2/h5-6,10,15-16H,3-4,7H2,1-2H3;2*1-2H3. The summed E-state index contributed by atoms with van der Waals surface area (Å²) in [6, 6.07) is 3.98. The van der Waals surface area contributed by atoms with Gasteiger partial charge in [0.1, 0.15) is 0 Å². The average Bonchev–Trinajstić information content (AvgIpc) is 3.24. The smallest absolute Gasteiger partial charge is 0.0519 e. The first kappa shape index (κ1) is 19.0. The van der Waals surface area contributed by atoms with Crippen molar-refractivity contribution in [2.45, 2.75) is 54.4 Å². The van der Waals surface area contributed by atoms with Crippen LogP contribution in [0.2, 0.25) is 5.02 Å². The molecular weight excluding hydrogens is 268 g/mol.